The molecule has 1 aliphatic rings. The van der Waals surface area contributed by atoms with Gasteiger partial charge in [0.1, 0.15) is 18.2 Å². The lowest BCUT2D eigenvalue weighted by Crippen LogP contribution is -2.56. The number of aliphatic hydroxyl groups excluding tert-OH is 1. The molecule has 10 nitrogen and oxygen atoms in total. The fourth-order valence-corrected chi connectivity index (χ4v) is 6.86. The molecule has 0 radical (unpaired) electrons. The first-order chi connectivity index (χ1) is 25.2. The first-order valence-corrected chi connectivity index (χ1v) is 17.0. The van der Waals surface area contributed by atoms with E-state index in [1.807, 2.05) is 140 Å². The molecule has 0 bridgehead atoms. The lowest BCUT2D eigenvalue weighted by molar-refractivity contribution is -0.145. The molecule has 52 heavy (non-hydrogen) atoms. The van der Waals surface area contributed by atoms with Gasteiger partial charge in [0.2, 0.25) is 11.8 Å². The van der Waals surface area contributed by atoms with Crippen molar-refractivity contribution in [3.8, 4) is 11.1 Å². The highest BCUT2D eigenvalue weighted by Crippen LogP contribution is 2.44. The molecule has 6 rings (SSSR count). The minimum Gasteiger partial charge on any atom is -0.480 e. The summed E-state index contributed by atoms with van der Waals surface area (Å²) in [6, 6.07) is 40.5. The highest BCUT2D eigenvalue weighted by Gasteiger charge is 2.39. The van der Waals surface area contributed by atoms with E-state index in [1.54, 1.807) is 0 Å². The number of amides is 3. The number of hydrogen-bond acceptors (Lipinski definition) is 6. The number of carbonyl (C=O) groups is 4. The minimum absolute atomic E-state index is 0.0506. The lowest BCUT2D eigenvalue weighted by Gasteiger charge is -2.37. The quantitative estimate of drug-likeness (QED) is 0.104. The van der Waals surface area contributed by atoms with Crippen LogP contribution in [0.4, 0.5) is 4.79 Å². The molecule has 5 N–H and O–H groups in total. The van der Waals surface area contributed by atoms with Crippen LogP contribution >= 0.6 is 0 Å². The normalized spacial score (nSPS) is 13.8. The number of ether oxygens (including phenoxy) is 1. The van der Waals surface area contributed by atoms with Gasteiger partial charge in [-0.2, -0.15) is 0 Å². The maximum atomic E-state index is 14.2. The zero-order valence-corrected chi connectivity index (χ0v) is 28.4. The van der Waals surface area contributed by atoms with Crippen molar-refractivity contribution in [2.45, 2.75) is 43.0 Å². The number of fused-ring (bicyclic) bond motifs is 3. The average molecular weight is 698 g/mol. The van der Waals surface area contributed by atoms with Gasteiger partial charge in [-0.05, 0) is 45.9 Å². The summed E-state index contributed by atoms with van der Waals surface area (Å²) < 4.78 is 5.68. The second-order valence-corrected chi connectivity index (χ2v) is 12.7. The van der Waals surface area contributed by atoms with Crippen LogP contribution in [-0.4, -0.2) is 58.9 Å². The van der Waals surface area contributed by atoms with E-state index >= 15 is 0 Å². The number of aliphatic carboxylic acids is 1. The summed E-state index contributed by atoms with van der Waals surface area (Å²) in [4.78, 5) is 53.2. The van der Waals surface area contributed by atoms with E-state index in [0.29, 0.717) is 0 Å². The largest absolute Gasteiger partial charge is 0.480 e. The van der Waals surface area contributed by atoms with Gasteiger partial charge in [0.25, 0.3) is 0 Å². The summed E-state index contributed by atoms with van der Waals surface area (Å²) in [6.45, 7) is 1.17. The van der Waals surface area contributed by atoms with E-state index in [9.17, 15) is 29.4 Å². The summed E-state index contributed by atoms with van der Waals surface area (Å²) in [5.41, 5.74) is 5.07. The third-order valence-corrected chi connectivity index (χ3v) is 9.34. The summed E-state index contributed by atoms with van der Waals surface area (Å²) in [5.74, 6) is -3.35. The van der Waals surface area contributed by atoms with Gasteiger partial charge in [0.05, 0.1) is 12.5 Å². The van der Waals surface area contributed by atoms with Gasteiger partial charge < -0.3 is 30.9 Å². The van der Waals surface area contributed by atoms with Crippen LogP contribution in [0.2, 0.25) is 0 Å². The van der Waals surface area contributed by atoms with E-state index in [2.05, 4.69) is 16.0 Å². The van der Waals surface area contributed by atoms with Crippen molar-refractivity contribution in [2.24, 2.45) is 0 Å². The van der Waals surface area contributed by atoms with Gasteiger partial charge in [-0.1, -0.05) is 140 Å². The van der Waals surface area contributed by atoms with E-state index in [1.165, 1.54) is 6.92 Å². The van der Waals surface area contributed by atoms with Crippen LogP contribution in [0, 0.1) is 0 Å². The van der Waals surface area contributed by atoms with Crippen molar-refractivity contribution in [1.82, 2.24) is 16.0 Å². The first-order valence-electron chi connectivity index (χ1n) is 17.0. The van der Waals surface area contributed by atoms with Crippen LogP contribution in [0.1, 0.15) is 47.1 Å². The maximum absolute atomic E-state index is 14.2. The first kappa shape index (κ1) is 35.6. The Morgan fingerprint density at radius 3 is 1.56 bits per heavy atom. The molecule has 3 atom stereocenters. The number of alkyl carbamates (subject to hydrolysis) is 1. The Kier molecular flexibility index (Phi) is 10.8. The van der Waals surface area contributed by atoms with Crippen LogP contribution in [0.15, 0.2) is 140 Å². The molecule has 0 fully saturated rings. The average Bonchev–Trinajstić information content (AvgIpc) is 3.49. The summed E-state index contributed by atoms with van der Waals surface area (Å²) in [5, 5.41) is 27.7. The minimum atomic E-state index is -1.69. The molecular formula is C42H39N3O7. The van der Waals surface area contributed by atoms with E-state index in [-0.39, 0.29) is 12.5 Å². The molecule has 0 heterocycles. The SMILES string of the molecule is C[C@@H](O)[C@H](NC(=O)[C@H](CC(=O)NC(c1ccccc1)(c1ccccc1)c1ccccc1)NC(=O)OCC1c2ccccc2-c2ccccc21)C(=O)O. The molecule has 0 saturated heterocycles. The topological polar surface area (TPSA) is 154 Å². The van der Waals surface area contributed by atoms with Crippen LogP contribution in [0.25, 0.3) is 11.1 Å². The van der Waals surface area contributed by atoms with Crippen molar-refractivity contribution >= 4 is 23.9 Å². The van der Waals surface area contributed by atoms with Gasteiger partial charge in [0.15, 0.2) is 6.04 Å². The summed E-state index contributed by atoms with van der Waals surface area (Å²) in [7, 11) is 0. The molecule has 5 aromatic carbocycles. The van der Waals surface area contributed by atoms with Crippen molar-refractivity contribution < 1.29 is 34.1 Å². The van der Waals surface area contributed by atoms with Gasteiger partial charge in [0, 0.05) is 5.92 Å². The molecule has 1 aliphatic carbocycles. The van der Waals surface area contributed by atoms with E-state index < -0.39 is 54.0 Å². The zero-order valence-electron chi connectivity index (χ0n) is 28.4. The smallest absolute Gasteiger partial charge is 0.407 e. The standard InChI is InChI=1S/C42H39N3O7/c1-27(46)38(40(49)50)44-39(48)36(43-41(51)52-26-35-33-23-13-11-21-31(33)32-22-12-14-24-34(32)35)25-37(47)45-42(28-15-5-2-6-16-28,29-17-7-3-8-18-29)30-19-9-4-10-20-30/h2-24,27,35-36,38,46H,25-26H2,1H3,(H,43,51)(H,44,48)(H,45,47)(H,49,50)/t27-,36+,38+/m1/s1. The number of benzene rings is 5. The summed E-state index contributed by atoms with van der Waals surface area (Å²) in [6.07, 6.45) is -3.03. The molecule has 0 aromatic heterocycles. The van der Waals surface area contributed by atoms with E-state index in [4.69, 9.17) is 4.74 Å². The number of rotatable bonds is 13. The monoisotopic (exact) mass is 697 g/mol. The lowest BCUT2D eigenvalue weighted by atomic mass is 9.77. The second kappa shape index (κ2) is 15.7. The van der Waals surface area contributed by atoms with Gasteiger partial charge in [-0.25, -0.2) is 9.59 Å². The molecular weight excluding hydrogens is 658 g/mol. The van der Waals surface area contributed by atoms with Crippen LogP contribution in [0.5, 0.6) is 0 Å². The second-order valence-electron chi connectivity index (χ2n) is 12.7. The number of aliphatic hydroxyl groups is 1. The fraction of sp³-hybridized carbons (Fsp3) is 0.190. The zero-order chi connectivity index (χ0) is 36.7. The van der Waals surface area contributed by atoms with Crippen molar-refractivity contribution in [3.05, 3.63) is 167 Å². The third-order valence-electron chi connectivity index (χ3n) is 9.34. The Labute approximate surface area is 301 Å². The predicted octanol–water partition coefficient (Wildman–Crippen LogP) is 5.34. The number of carbonyl (C=O) groups excluding carboxylic acids is 3. The molecule has 3 amide bonds. The van der Waals surface area contributed by atoms with Gasteiger partial charge in [-0.15, -0.1) is 0 Å². The molecule has 0 unspecified atom stereocenters. The number of hydrogen-bond donors (Lipinski definition) is 5. The predicted molar refractivity (Wildman–Crippen MR) is 195 cm³/mol. The fourth-order valence-electron chi connectivity index (χ4n) is 6.86. The summed E-state index contributed by atoms with van der Waals surface area (Å²) >= 11 is 0. The molecule has 264 valence electrons. The number of nitrogens with one attached hydrogen (secondary N) is 3. The van der Waals surface area contributed by atoms with Crippen LogP contribution in [0.3, 0.4) is 0 Å². The Hall–Kier alpha value is -6.26. The van der Waals surface area contributed by atoms with Gasteiger partial charge >= 0.3 is 12.1 Å². The Bertz CT molecular complexity index is 1890. The third kappa shape index (κ3) is 7.42. The molecule has 0 spiro atoms. The highest BCUT2D eigenvalue weighted by atomic mass is 16.5. The highest BCUT2D eigenvalue weighted by molar-refractivity contribution is 5.93. The molecule has 10 heteroatoms. The van der Waals surface area contributed by atoms with Crippen LogP contribution < -0.4 is 16.0 Å². The van der Waals surface area contributed by atoms with Crippen molar-refractivity contribution in [1.29, 1.82) is 0 Å². The maximum Gasteiger partial charge on any atom is 0.407 e. The Morgan fingerprint density at radius 2 is 1.12 bits per heavy atom. The van der Waals surface area contributed by atoms with Crippen molar-refractivity contribution in [2.75, 3.05) is 6.61 Å². The van der Waals surface area contributed by atoms with E-state index in [0.717, 1.165) is 38.9 Å². The molecule has 0 saturated carbocycles. The van der Waals surface area contributed by atoms with Gasteiger partial charge in [-0.3, -0.25) is 9.59 Å². The Morgan fingerprint density at radius 1 is 0.673 bits per heavy atom. The van der Waals surface area contributed by atoms with Crippen molar-refractivity contribution in [3.63, 3.8) is 0 Å². The molecule has 0 aliphatic heterocycles. The number of carboxylic acid groups (broad SMARTS) is 1. The Balaban J connectivity index is 1.28. The van der Waals surface area contributed by atoms with Crippen LogP contribution in [-0.2, 0) is 24.7 Å². The molecule has 5 aromatic rings. The number of carboxylic acids is 1.